The molecule has 0 aliphatic heterocycles. The molecule has 5 heteroatoms. The lowest BCUT2D eigenvalue weighted by molar-refractivity contribution is 0.881. The van der Waals surface area contributed by atoms with Gasteiger partial charge in [-0.3, -0.25) is 0 Å². The van der Waals surface area contributed by atoms with Gasteiger partial charge in [-0.25, -0.2) is 0 Å². The van der Waals surface area contributed by atoms with Gasteiger partial charge in [-0.2, -0.15) is 5.21 Å². The predicted molar refractivity (Wildman–Crippen MR) is 52.7 cm³/mol. The second kappa shape index (κ2) is 3.87. The Morgan fingerprint density at radius 3 is 3.07 bits per heavy atom. The Hall–Kier alpha value is -1.91. The van der Waals surface area contributed by atoms with Crippen LogP contribution in [0.25, 0.3) is 0 Å². The van der Waals surface area contributed by atoms with Gasteiger partial charge < -0.3 is 5.32 Å². The summed E-state index contributed by atoms with van der Waals surface area (Å²) < 4.78 is 0. The van der Waals surface area contributed by atoms with E-state index in [0.29, 0.717) is 12.5 Å². The average molecular weight is 189 g/mol. The van der Waals surface area contributed by atoms with Crippen molar-refractivity contribution < 1.29 is 0 Å². The highest BCUT2D eigenvalue weighted by molar-refractivity contribution is 5.27. The maximum atomic E-state index is 3.80. The first kappa shape index (κ1) is 8.68. The minimum Gasteiger partial charge on any atom is -0.348 e. The standard InChI is InChI=1S/C9H11N5/c1-7-3-2-4-8(5-7)6-10-9-11-13-14-12-9/h2-5H,6H2,1H3,(H2,10,11,12,13,14). The molecule has 0 spiro atoms. The van der Waals surface area contributed by atoms with Crippen molar-refractivity contribution in [2.45, 2.75) is 13.5 Å². The molecule has 1 aromatic heterocycles. The lowest BCUT2D eigenvalue weighted by Gasteiger charge is -2.02. The number of nitrogens with zero attached hydrogens (tertiary/aromatic N) is 3. The number of aryl methyl sites for hydroxylation is 1. The number of hydrogen-bond donors (Lipinski definition) is 2. The Morgan fingerprint density at radius 2 is 2.36 bits per heavy atom. The first-order valence-electron chi connectivity index (χ1n) is 4.37. The molecule has 0 bridgehead atoms. The van der Waals surface area contributed by atoms with Crippen LogP contribution in [-0.2, 0) is 6.54 Å². The van der Waals surface area contributed by atoms with Crippen LogP contribution >= 0.6 is 0 Å². The third kappa shape index (κ3) is 2.07. The number of aromatic nitrogens is 4. The summed E-state index contributed by atoms with van der Waals surface area (Å²) in [6, 6.07) is 8.27. The molecule has 0 aliphatic rings. The molecular weight excluding hydrogens is 178 g/mol. The highest BCUT2D eigenvalue weighted by Gasteiger charge is 1.96. The summed E-state index contributed by atoms with van der Waals surface area (Å²) in [4.78, 5) is 0. The summed E-state index contributed by atoms with van der Waals surface area (Å²) in [7, 11) is 0. The molecule has 5 nitrogen and oxygen atoms in total. The van der Waals surface area contributed by atoms with E-state index in [-0.39, 0.29) is 0 Å². The van der Waals surface area contributed by atoms with Crippen molar-refractivity contribution in [1.82, 2.24) is 20.6 Å². The van der Waals surface area contributed by atoms with Gasteiger partial charge >= 0.3 is 0 Å². The molecule has 0 saturated heterocycles. The zero-order valence-corrected chi connectivity index (χ0v) is 7.86. The Balaban J connectivity index is 1.98. The Kier molecular flexibility index (Phi) is 2.40. The maximum absolute atomic E-state index is 3.80. The third-order valence-electron chi connectivity index (χ3n) is 1.88. The van der Waals surface area contributed by atoms with Gasteiger partial charge in [-0.05, 0) is 17.7 Å². The van der Waals surface area contributed by atoms with Crippen LogP contribution in [0.4, 0.5) is 5.95 Å². The number of benzene rings is 1. The Morgan fingerprint density at radius 1 is 1.43 bits per heavy atom. The van der Waals surface area contributed by atoms with Crippen molar-refractivity contribution in [2.75, 3.05) is 5.32 Å². The topological polar surface area (TPSA) is 66.5 Å². The van der Waals surface area contributed by atoms with Gasteiger partial charge in [0.25, 0.3) is 5.95 Å². The summed E-state index contributed by atoms with van der Waals surface area (Å²) in [5, 5.41) is 16.5. The molecule has 0 amide bonds. The summed E-state index contributed by atoms with van der Waals surface area (Å²) in [6.45, 7) is 2.78. The van der Waals surface area contributed by atoms with Gasteiger partial charge in [0, 0.05) is 6.54 Å². The lowest BCUT2D eigenvalue weighted by atomic mass is 10.1. The number of hydrogen-bond acceptors (Lipinski definition) is 4. The van der Waals surface area contributed by atoms with Crippen LogP contribution in [0.15, 0.2) is 24.3 Å². The van der Waals surface area contributed by atoms with Crippen molar-refractivity contribution in [3.63, 3.8) is 0 Å². The molecule has 1 aromatic carbocycles. The molecular formula is C9H11N5. The van der Waals surface area contributed by atoms with Gasteiger partial charge in [0.15, 0.2) is 0 Å². The fourth-order valence-corrected chi connectivity index (χ4v) is 1.24. The first-order chi connectivity index (χ1) is 6.84. The zero-order valence-electron chi connectivity index (χ0n) is 7.86. The molecule has 2 N–H and O–H groups in total. The van der Waals surface area contributed by atoms with Gasteiger partial charge in [-0.15, -0.1) is 5.10 Å². The molecule has 0 fully saturated rings. The van der Waals surface area contributed by atoms with Crippen LogP contribution in [0.5, 0.6) is 0 Å². The highest BCUT2D eigenvalue weighted by Crippen LogP contribution is 2.05. The van der Waals surface area contributed by atoms with Crippen molar-refractivity contribution >= 4 is 5.95 Å². The molecule has 72 valence electrons. The second-order valence-corrected chi connectivity index (χ2v) is 3.08. The van der Waals surface area contributed by atoms with Gasteiger partial charge in [0.1, 0.15) is 0 Å². The average Bonchev–Trinajstić information content (AvgIpc) is 2.67. The Bertz CT molecular complexity index is 395. The van der Waals surface area contributed by atoms with Crippen molar-refractivity contribution in [1.29, 1.82) is 0 Å². The van der Waals surface area contributed by atoms with E-state index in [9.17, 15) is 0 Å². The molecule has 0 radical (unpaired) electrons. The van der Waals surface area contributed by atoms with E-state index in [0.717, 1.165) is 0 Å². The Labute approximate surface area is 81.5 Å². The monoisotopic (exact) mass is 189 g/mol. The van der Waals surface area contributed by atoms with Crippen LogP contribution < -0.4 is 5.32 Å². The minimum absolute atomic E-state index is 0.520. The lowest BCUT2D eigenvalue weighted by Crippen LogP contribution is -2.01. The number of tetrazole rings is 1. The molecule has 0 saturated carbocycles. The van der Waals surface area contributed by atoms with Gasteiger partial charge in [0.2, 0.25) is 0 Å². The van der Waals surface area contributed by atoms with E-state index in [4.69, 9.17) is 0 Å². The quantitative estimate of drug-likeness (QED) is 0.759. The van der Waals surface area contributed by atoms with Gasteiger partial charge in [0.05, 0.1) is 0 Å². The number of rotatable bonds is 3. The van der Waals surface area contributed by atoms with E-state index >= 15 is 0 Å². The summed E-state index contributed by atoms with van der Waals surface area (Å²) in [5.74, 6) is 0.520. The maximum Gasteiger partial charge on any atom is 0.263 e. The number of anilines is 1. The normalized spacial score (nSPS) is 10.1. The molecule has 2 rings (SSSR count). The predicted octanol–water partition coefficient (Wildman–Crippen LogP) is 1.12. The minimum atomic E-state index is 0.520. The molecule has 2 aromatic rings. The van der Waals surface area contributed by atoms with Crippen LogP contribution in [0.3, 0.4) is 0 Å². The number of aromatic amines is 1. The van der Waals surface area contributed by atoms with E-state index < -0.39 is 0 Å². The van der Waals surface area contributed by atoms with E-state index in [1.165, 1.54) is 11.1 Å². The van der Waals surface area contributed by atoms with Crippen LogP contribution in [0.1, 0.15) is 11.1 Å². The third-order valence-corrected chi connectivity index (χ3v) is 1.88. The van der Waals surface area contributed by atoms with Crippen molar-refractivity contribution in [2.24, 2.45) is 0 Å². The van der Waals surface area contributed by atoms with Crippen LogP contribution in [0.2, 0.25) is 0 Å². The fourth-order valence-electron chi connectivity index (χ4n) is 1.24. The highest BCUT2D eigenvalue weighted by atomic mass is 15.5. The molecule has 0 unspecified atom stereocenters. The molecule has 1 heterocycles. The zero-order chi connectivity index (χ0) is 9.80. The van der Waals surface area contributed by atoms with Crippen LogP contribution in [0, 0.1) is 6.92 Å². The van der Waals surface area contributed by atoms with Crippen molar-refractivity contribution in [3.8, 4) is 0 Å². The summed E-state index contributed by atoms with van der Waals surface area (Å²) in [5.41, 5.74) is 2.45. The van der Waals surface area contributed by atoms with Crippen LogP contribution in [-0.4, -0.2) is 20.6 Å². The van der Waals surface area contributed by atoms with Gasteiger partial charge in [-0.1, -0.05) is 34.9 Å². The fraction of sp³-hybridized carbons (Fsp3) is 0.222. The largest absolute Gasteiger partial charge is 0.348 e. The second-order valence-electron chi connectivity index (χ2n) is 3.08. The number of nitrogens with one attached hydrogen (secondary N) is 2. The van der Waals surface area contributed by atoms with Crippen molar-refractivity contribution in [3.05, 3.63) is 35.4 Å². The SMILES string of the molecule is Cc1cccc(CNc2nn[nH]n2)c1. The summed E-state index contributed by atoms with van der Waals surface area (Å²) in [6.07, 6.45) is 0. The summed E-state index contributed by atoms with van der Waals surface area (Å²) >= 11 is 0. The smallest absolute Gasteiger partial charge is 0.263 e. The van der Waals surface area contributed by atoms with E-state index in [1.54, 1.807) is 0 Å². The molecule has 14 heavy (non-hydrogen) atoms. The molecule has 0 aliphatic carbocycles. The van der Waals surface area contributed by atoms with E-state index in [1.807, 2.05) is 6.07 Å². The molecule has 0 atom stereocenters. The first-order valence-corrected chi connectivity index (χ1v) is 4.37. The van der Waals surface area contributed by atoms with E-state index in [2.05, 4.69) is 51.1 Å². The number of H-pyrrole nitrogens is 1.